The van der Waals surface area contributed by atoms with Gasteiger partial charge in [-0.2, -0.15) is 18.2 Å². The third kappa shape index (κ3) is 6.53. The molecule has 2 heterocycles. The second-order valence-electron chi connectivity index (χ2n) is 8.16. The van der Waals surface area contributed by atoms with Gasteiger partial charge in [0.25, 0.3) is 0 Å². The van der Waals surface area contributed by atoms with E-state index in [1.807, 2.05) is 0 Å². The number of halogens is 3. The molecule has 4 rings (SSSR count). The van der Waals surface area contributed by atoms with E-state index in [4.69, 9.17) is 26.0 Å². The lowest BCUT2D eigenvalue weighted by molar-refractivity contribution is -0.199. The van der Waals surface area contributed by atoms with E-state index in [1.165, 1.54) is 42.7 Å². The second-order valence-corrected chi connectivity index (χ2v) is 8.16. The summed E-state index contributed by atoms with van der Waals surface area (Å²) in [6, 6.07) is 15.4. The molecule has 2 atom stereocenters. The monoisotopic (exact) mass is 525 g/mol. The molecular weight excluding hydrogens is 503 g/mol. The van der Waals surface area contributed by atoms with E-state index < -0.39 is 30.2 Å². The van der Waals surface area contributed by atoms with Gasteiger partial charge >= 0.3 is 12.1 Å². The Bertz CT molecular complexity index is 1400. The minimum absolute atomic E-state index is 0.0692. The highest BCUT2D eigenvalue weighted by Gasteiger charge is 2.45. The van der Waals surface area contributed by atoms with Crippen molar-refractivity contribution >= 4 is 11.9 Å². The van der Waals surface area contributed by atoms with Crippen LogP contribution in [0.2, 0.25) is 0 Å². The molecule has 0 fully saturated rings. The van der Waals surface area contributed by atoms with E-state index in [1.54, 1.807) is 36.4 Å². The summed E-state index contributed by atoms with van der Waals surface area (Å²) in [5.41, 5.74) is 12.4. The lowest BCUT2D eigenvalue weighted by atomic mass is 10.0. The van der Waals surface area contributed by atoms with Crippen molar-refractivity contribution in [3.05, 3.63) is 90.3 Å². The fourth-order valence-electron chi connectivity index (χ4n) is 3.56. The molecule has 0 aliphatic heterocycles. The highest BCUT2D eigenvalue weighted by atomic mass is 19.4. The first-order chi connectivity index (χ1) is 18.1. The average Bonchev–Trinajstić information content (AvgIpc) is 2.88. The number of aliphatic carboxylic acids is 1. The number of pyridine rings is 1. The molecule has 38 heavy (non-hydrogen) atoms. The molecule has 0 spiro atoms. The van der Waals surface area contributed by atoms with E-state index >= 15 is 0 Å². The molecule has 0 bridgehead atoms. The Morgan fingerprint density at radius 3 is 2.42 bits per heavy atom. The quantitative estimate of drug-likeness (QED) is 0.286. The third-order valence-corrected chi connectivity index (χ3v) is 5.34. The highest BCUT2D eigenvalue weighted by molar-refractivity contribution is 5.73. The second kappa shape index (κ2) is 11.1. The van der Waals surface area contributed by atoms with Crippen molar-refractivity contribution in [1.82, 2.24) is 15.0 Å². The number of ether oxygens (including phenoxy) is 2. The van der Waals surface area contributed by atoms with Crippen molar-refractivity contribution in [3.8, 4) is 28.6 Å². The fraction of sp³-hybridized carbons (Fsp3) is 0.154. The summed E-state index contributed by atoms with van der Waals surface area (Å²) in [5.74, 6) is -1.65. The third-order valence-electron chi connectivity index (χ3n) is 5.34. The zero-order valence-electron chi connectivity index (χ0n) is 19.7. The first kappa shape index (κ1) is 26.4. The molecule has 5 N–H and O–H groups in total. The average molecular weight is 525 g/mol. The van der Waals surface area contributed by atoms with Crippen LogP contribution in [-0.2, 0) is 11.2 Å². The number of carbonyl (C=O) groups is 1. The minimum Gasteiger partial charge on any atom is -0.480 e. The van der Waals surface area contributed by atoms with Crippen LogP contribution in [0.1, 0.15) is 17.2 Å². The molecule has 2 aromatic carbocycles. The number of nitrogens with two attached hydrogens (primary N) is 2. The van der Waals surface area contributed by atoms with Crippen LogP contribution in [0.3, 0.4) is 0 Å². The van der Waals surface area contributed by atoms with Gasteiger partial charge in [0.05, 0.1) is 11.9 Å². The van der Waals surface area contributed by atoms with Gasteiger partial charge in [-0.05, 0) is 30.2 Å². The molecule has 2 unspecified atom stereocenters. The number of alkyl halides is 3. The molecule has 0 saturated carbocycles. The molecule has 0 aliphatic carbocycles. The van der Waals surface area contributed by atoms with Crippen LogP contribution in [0.15, 0.2) is 79.1 Å². The maximum Gasteiger partial charge on any atom is 0.429 e. The maximum absolute atomic E-state index is 14.2. The number of rotatable bonds is 9. The number of hydrogen-bond donors (Lipinski definition) is 3. The van der Waals surface area contributed by atoms with Gasteiger partial charge in [-0.1, -0.05) is 42.5 Å². The van der Waals surface area contributed by atoms with Crippen LogP contribution >= 0.6 is 0 Å². The van der Waals surface area contributed by atoms with E-state index in [2.05, 4.69) is 15.0 Å². The lowest BCUT2D eigenvalue weighted by Gasteiger charge is -2.23. The van der Waals surface area contributed by atoms with Crippen LogP contribution in [-0.4, -0.2) is 38.2 Å². The number of nitrogens with zero attached hydrogens (tertiary/aromatic N) is 3. The number of carboxylic acid groups (broad SMARTS) is 1. The molecule has 12 heteroatoms. The molecular formula is C26H22F3N5O4. The van der Waals surface area contributed by atoms with E-state index in [0.29, 0.717) is 11.1 Å². The predicted molar refractivity (Wildman–Crippen MR) is 131 cm³/mol. The predicted octanol–water partition coefficient (Wildman–Crippen LogP) is 4.55. The smallest absolute Gasteiger partial charge is 0.429 e. The van der Waals surface area contributed by atoms with E-state index in [0.717, 1.165) is 0 Å². The molecule has 2 aromatic heterocycles. The summed E-state index contributed by atoms with van der Waals surface area (Å²) >= 11 is 0. The Morgan fingerprint density at radius 2 is 1.76 bits per heavy atom. The van der Waals surface area contributed by atoms with Crippen LogP contribution in [0.25, 0.3) is 11.3 Å². The minimum atomic E-state index is -4.83. The number of hydrogen-bond acceptors (Lipinski definition) is 8. The molecule has 0 radical (unpaired) electrons. The van der Waals surface area contributed by atoms with Gasteiger partial charge < -0.3 is 26.0 Å². The van der Waals surface area contributed by atoms with Gasteiger partial charge in [-0.25, -0.2) is 4.98 Å². The lowest BCUT2D eigenvalue weighted by Crippen LogP contribution is -2.32. The van der Waals surface area contributed by atoms with E-state index in [9.17, 15) is 18.0 Å². The maximum atomic E-state index is 14.2. The SMILES string of the molecule is Nc1nc(OC(c2ccccc2Oc2cccnc2)C(F)(F)F)cc(-c2ccc(CC(N)C(=O)O)cc2)n1. The standard InChI is InChI=1S/C26H22F3N5O4/c27-26(28,29)23(18-5-1-2-6-21(18)37-17-4-3-11-32-14-17)38-22-13-20(33-25(31)34-22)16-9-7-15(8-10-16)12-19(30)24(35)36/h1-11,13-14,19,23H,12,30H2,(H,35,36)(H2,31,33,34). The topological polar surface area (TPSA) is 146 Å². The van der Waals surface area contributed by atoms with Gasteiger partial charge in [0.2, 0.25) is 17.9 Å². The molecule has 0 amide bonds. The van der Waals surface area contributed by atoms with Gasteiger partial charge in [-0.3, -0.25) is 9.78 Å². The summed E-state index contributed by atoms with van der Waals surface area (Å²) in [7, 11) is 0. The largest absolute Gasteiger partial charge is 0.480 e. The van der Waals surface area contributed by atoms with Crippen molar-refractivity contribution in [2.45, 2.75) is 24.7 Å². The summed E-state index contributed by atoms with van der Waals surface area (Å²) in [6.45, 7) is 0. The Balaban J connectivity index is 1.63. The molecule has 4 aromatic rings. The van der Waals surface area contributed by atoms with Gasteiger partial charge in [0.15, 0.2) is 0 Å². The summed E-state index contributed by atoms with van der Waals surface area (Å²) in [5, 5.41) is 8.98. The van der Waals surface area contributed by atoms with Crippen LogP contribution in [0, 0.1) is 0 Å². The number of aromatic nitrogens is 3. The van der Waals surface area contributed by atoms with Crippen molar-refractivity contribution in [2.24, 2.45) is 5.73 Å². The van der Waals surface area contributed by atoms with Crippen LogP contribution in [0.5, 0.6) is 17.4 Å². The van der Waals surface area contributed by atoms with Crippen molar-refractivity contribution < 1.29 is 32.5 Å². The normalized spacial score (nSPS) is 12.9. The first-order valence-corrected chi connectivity index (χ1v) is 11.2. The fourth-order valence-corrected chi connectivity index (χ4v) is 3.56. The van der Waals surface area contributed by atoms with Gasteiger partial charge in [0, 0.05) is 23.4 Å². The van der Waals surface area contributed by atoms with Crippen LogP contribution in [0.4, 0.5) is 19.1 Å². The van der Waals surface area contributed by atoms with Crippen LogP contribution < -0.4 is 20.9 Å². The zero-order valence-corrected chi connectivity index (χ0v) is 19.7. The molecule has 0 aliphatic rings. The van der Waals surface area contributed by atoms with Crippen molar-refractivity contribution in [3.63, 3.8) is 0 Å². The number of benzene rings is 2. The van der Waals surface area contributed by atoms with E-state index in [-0.39, 0.29) is 35.1 Å². The summed E-state index contributed by atoms with van der Waals surface area (Å²) < 4.78 is 53.7. The van der Waals surface area contributed by atoms with Gasteiger partial charge in [0.1, 0.15) is 17.5 Å². The number of anilines is 1. The summed E-state index contributed by atoms with van der Waals surface area (Å²) in [4.78, 5) is 22.8. The molecule has 196 valence electrons. The Morgan fingerprint density at radius 1 is 1.03 bits per heavy atom. The highest BCUT2D eigenvalue weighted by Crippen LogP contribution is 2.41. The van der Waals surface area contributed by atoms with Crippen molar-refractivity contribution in [1.29, 1.82) is 0 Å². The Labute approximate surface area is 214 Å². The van der Waals surface area contributed by atoms with Gasteiger partial charge in [-0.15, -0.1) is 0 Å². The number of para-hydroxylation sites is 1. The Hall–Kier alpha value is -4.71. The number of nitrogen functional groups attached to an aromatic ring is 1. The summed E-state index contributed by atoms with van der Waals surface area (Å²) in [6.07, 6.45) is -4.28. The van der Waals surface area contributed by atoms with Crippen molar-refractivity contribution in [2.75, 3.05) is 5.73 Å². The Kier molecular flexibility index (Phi) is 7.72. The molecule has 9 nitrogen and oxygen atoms in total. The molecule has 0 saturated heterocycles. The zero-order chi connectivity index (χ0) is 27.3. The first-order valence-electron chi connectivity index (χ1n) is 11.2. The number of carboxylic acids is 1.